The van der Waals surface area contributed by atoms with E-state index in [4.69, 9.17) is 4.74 Å². The fourth-order valence-electron chi connectivity index (χ4n) is 2.78. The number of nitrogens with one attached hydrogen (secondary N) is 1. The van der Waals surface area contributed by atoms with E-state index in [0.29, 0.717) is 18.7 Å². The second-order valence-electron chi connectivity index (χ2n) is 6.02. The number of halogens is 3. The van der Waals surface area contributed by atoms with Crippen LogP contribution in [0.2, 0.25) is 0 Å². The van der Waals surface area contributed by atoms with Crippen molar-refractivity contribution in [1.29, 1.82) is 0 Å². The summed E-state index contributed by atoms with van der Waals surface area (Å²) in [6, 6.07) is 9.71. The fraction of sp³-hybridized carbons (Fsp3) is 0.263. The second-order valence-corrected chi connectivity index (χ2v) is 6.02. The van der Waals surface area contributed by atoms with Gasteiger partial charge in [0.25, 0.3) is 5.91 Å². The average Bonchev–Trinajstić information content (AvgIpc) is 2.96. The van der Waals surface area contributed by atoms with E-state index in [9.17, 15) is 18.0 Å². The maximum Gasteiger partial charge on any atom is 0.416 e. The normalized spacial score (nSPS) is 11.6. The van der Waals surface area contributed by atoms with Crippen LogP contribution in [-0.4, -0.2) is 29.1 Å². The number of methoxy groups -OCH3 is 1. The van der Waals surface area contributed by atoms with Crippen molar-refractivity contribution in [2.75, 3.05) is 13.7 Å². The number of benzene rings is 2. The number of carbonyl (C=O) groups is 1. The third-order valence-corrected chi connectivity index (χ3v) is 4.29. The quantitative estimate of drug-likeness (QED) is 0.740. The molecular formula is C19H18F3N3O2. The van der Waals surface area contributed by atoms with Gasteiger partial charge in [0.2, 0.25) is 0 Å². The summed E-state index contributed by atoms with van der Waals surface area (Å²) >= 11 is 0. The molecule has 0 atom stereocenters. The summed E-state index contributed by atoms with van der Waals surface area (Å²) in [6.45, 7) is 0.314. The van der Waals surface area contributed by atoms with E-state index < -0.39 is 17.6 Å². The number of ether oxygens (including phenoxy) is 1. The van der Waals surface area contributed by atoms with Crippen LogP contribution < -0.4 is 10.1 Å². The molecule has 0 fully saturated rings. The van der Waals surface area contributed by atoms with Crippen molar-refractivity contribution in [1.82, 2.24) is 14.9 Å². The molecule has 3 rings (SSSR count). The number of amides is 1. The average molecular weight is 377 g/mol. The molecule has 1 amide bonds. The molecule has 142 valence electrons. The van der Waals surface area contributed by atoms with Gasteiger partial charge in [0, 0.05) is 31.6 Å². The van der Waals surface area contributed by atoms with E-state index in [-0.39, 0.29) is 5.56 Å². The zero-order valence-electron chi connectivity index (χ0n) is 14.8. The topological polar surface area (TPSA) is 56.1 Å². The van der Waals surface area contributed by atoms with Crippen molar-refractivity contribution in [3.8, 4) is 5.75 Å². The van der Waals surface area contributed by atoms with Crippen molar-refractivity contribution in [2.45, 2.75) is 12.6 Å². The van der Waals surface area contributed by atoms with Crippen molar-refractivity contribution in [2.24, 2.45) is 7.05 Å². The maximum atomic E-state index is 12.6. The molecule has 27 heavy (non-hydrogen) atoms. The molecule has 0 saturated heterocycles. The van der Waals surface area contributed by atoms with Crippen LogP contribution in [0, 0.1) is 0 Å². The summed E-state index contributed by atoms with van der Waals surface area (Å²) in [7, 11) is 3.47. The molecule has 2 aromatic carbocycles. The maximum absolute atomic E-state index is 12.6. The summed E-state index contributed by atoms with van der Waals surface area (Å²) in [6.07, 6.45) is -3.93. The van der Waals surface area contributed by atoms with Crippen molar-refractivity contribution in [3.05, 3.63) is 59.4 Å². The van der Waals surface area contributed by atoms with Gasteiger partial charge in [0.15, 0.2) is 0 Å². The first-order valence-corrected chi connectivity index (χ1v) is 8.24. The minimum Gasteiger partial charge on any atom is -0.497 e. The molecule has 0 aliphatic carbocycles. The third kappa shape index (κ3) is 4.05. The van der Waals surface area contributed by atoms with E-state index in [0.717, 1.165) is 29.0 Å². The largest absolute Gasteiger partial charge is 0.497 e. The van der Waals surface area contributed by atoms with Crippen LogP contribution in [0.1, 0.15) is 21.7 Å². The van der Waals surface area contributed by atoms with Gasteiger partial charge in [-0.3, -0.25) is 4.79 Å². The highest BCUT2D eigenvalue weighted by molar-refractivity contribution is 5.94. The number of aryl methyl sites for hydroxylation is 1. The number of rotatable bonds is 5. The molecule has 5 nitrogen and oxygen atoms in total. The lowest BCUT2D eigenvalue weighted by atomic mass is 10.1. The Morgan fingerprint density at radius 1 is 1.19 bits per heavy atom. The Balaban J connectivity index is 1.63. The summed E-state index contributed by atoms with van der Waals surface area (Å²) in [4.78, 5) is 16.6. The third-order valence-electron chi connectivity index (χ3n) is 4.29. The SMILES string of the molecule is COc1ccc2c(c1)nc(CCNC(=O)c1ccc(C(F)(F)F)cc1)n2C. The number of fused-ring (bicyclic) bond motifs is 1. The molecule has 1 N–H and O–H groups in total. The Kier molecular flexibility index (Phi) is 5.07. The number of imidazole rings is 1. The van der Waals surface area contributed by atoms with E-state index in [2.05, 4.69) is 10.3 Å². The predicted octanol–water partition coefficient (Wildman–Crippen LogP) is 3.57. The van der Waals surface area contributed by atoms with Gasteiger partial charge in [0.1, 0.15) is 11.6 Å². The highest BCUT2D eigenvalue weighted by Gasteiger charge is 2.30. The molecule has 8 heteroatoms. The first-order chi connectivity index (χ1) is 12.8. The molecule has 0 bridgehead atoms. The summed E-state index contributed by atoms with van der Waals surface area (Å²) < 4.78 is 44.8. The van der Waals surface area contributed by atoms with Crippen molar-refractivity contribution >= 4 is 16.9 Å². The Hall–Kier alpha value is -3.03. The molecule has 0 saturated carbocycles. The van der Waals surface area contributed by atoms with Crippen LogP contribution in [0.25, 0.3) is 11.0 Å². The molecule has 0 spiro atoms. The van der Waals surface area contributed by atoms with Crippen molar-refractivity contribution < 1.29 is 22.7 Å². The number of carbonyl (C=O) groups excluding carboxylic acids is 1. The van der Waals surface area contributed by atoms with Gasteiger partial charge in [-0.25, -0.2) is 4.98 Å². The van der Waals surface area contributed by atoms with Gasteiger partial charge in [0.05, 0.1) is 23.7 Å². The summed E-state index contributed by atoms with van der Waals surface area (Å²) in [5.74, 6) is 1.07. The number of hydrogen-bond donors (Lipinski definition) is 1. The smallest absolute Gasteiger partial charge is 0.416 e. The number of aromatic nitrogens is 2. The molecule has 3 aromatic rings. The number of alkyl halides is 3. The lowest BCUT2D eigenvalue weighted by molar-refractivity contribution is -0.137. The van der Waals surface area contributed by atoms with Crippen LogP contribution in [-0.2, 0) is 19.6 Å². The standard InChI is InChI=1S/C19H18F3N3O2/c1-25-16-8-7-14(27-2)11-15(16)24-17(25)9-10-23-18(26)12-3-5-13(6-4-12)19(20,21)22/h3-8,11H,9-10H2,1-2H3,(H,23,26). The van der Waals surface area contributed by atoms with Crippen LogP contribution in [0.15, 0.2) is 42.5 Å². The Morgan fingerprint density at radius 2 is 1.89 bits per heavy atom. The van der Waals surface area contributed by atoms with Gasteiger partial charge in [-0.05, 0) is 36.4 Å². The highest BCUT2D eigenvalue weighted by atomic mass is 19.4. The lowest BCUT2D eigenvalue weighted by Gasteiger charge is -2.08. The van der Waals surface area contributed by atoms with E-state index in [1.165, 1.54) is 12.1 Å². The molecule has 0 aliphatic rings. The zero-order valence-corrected chi connectivity index (χ0v) is 14.8. The van der Waals surface area contributed by atoms with Crippen LogP contribution >= 0.6 is 0 Å². The number of hydrogen-bond acceptors (Lipinski definition) is 3. The van der Waals surface area contributed by atoms with Crippen LogP contribution in [0.5, 0.6) is 5.75 Å². The molecule has 0 aliphatic heterocycles. The van der Waals surface area contributed by atoms with Gasteiger partial charge in [-0.2, -0.15) is 13.2 Å². The Labute approximate surface area is 153 Å². The van der Waals surface area contributed by atoms with E-state index >= 15 is 0 Å². The molecule has 1 aromatic heterocycles. The fourth-order valence-corrected chi connectivity index (χ4v) is 2.78. The van der Waals surface area contributed by atoms with Crippen molar-refractivity contribution in [3.63, 3.8) is 0 Å². The molecule has 1 heterocycles. The molecule has 0 radical (unpaired) electrons. The van der Waals surface area contributed by atoms with Gasteiger partial charge in [-0.1, -0.05) is 0 Å². The highest BCUT2D eigenvalue weighted by Crippen LogP contribution is 2.29. The second kappa shape index (κ2) is 7.30. The van der Waals surface area contributed by atoms with E-state index in [1.807, 2.05) is 29.8 Å². The summed E-state index contributed by atoms with van der Waals surface area (Å²) in [5.41, 5.74) is 1.13. The minimum absolute atomic E-state index is 0.178. The molecule has 0 unspecified atom stereocenters. The first kappa shape index (κ1) is 18.8. The van der Waals surface area contributed by atoms with Crippen LogP contribution in [0.3, 0.4) is 0 Å². The summed E-state index contributed by atoms with van der Waals surface area (Å²) in [5, 5.41) is 2.70. The van der Waals surface area contributed by atoms with Gasteiger partial charge < -0.3 is 14.6 Å². The molecular weight excluding hydrogens is 359 g/mol. The van der Waals surface area contributed by atoms with Gasteiger partial charge in [-0.15, -0.1) is 0 Å². The lowest BCUT2D eigenvalue weighted by Crippen LogP contribution is -2.26. The van der Waals surface area contributed by atoms with E-state index in [1.54, 1.807) is 7.11 Å². The Morgan fingerprint density at radius 3 is 2.52 bits per heavy atom. The zero-order chi connectivity index (χ0) is 19.6. The minimum atomic E-state index is -4.42. The Bertz CT molecular complexity index is 963. The monoisotopic (exact) mass is 377 g/mol. The van der Waals surface area contributed by atoms with Crippen LogP contribution in [0.4, 0.5) is 13.2 Å². The predicted molar refractivity (Wildman–Crippen MR) is 94.7 cm³/mol. The van der Waals surface area contributed by atoms with Gasteiger partial charge >= 0.3 is 6.18 Å². The number of nitrogens with zero attached hydrogens (tertiary/aromatic N) is 2. The first-order valence-electron chi connectivity index (χ1n) is 8.24.